The van der Waals surface area contributed by atoms with Gasteiger partial charge in [-0.25, -0.2) is 8.42 Å². The van der Waals surface area contributed by atoms with Gasteiger partial charge in [0.25, 0.3) is 5.89 Å². The van der Waals surface area contributed by atoms with E-state index >= 15 is 0 Å². The summed E-state index contributed by atoms with van der Waals surface area (Å²) in [6, 6.07) is 13.9. The number of halogens is 1. The zero-order valence-electron chi connectivity index (χ0n) is 17.9. The predicted octanol–water partition coefficient (Wildman–Crippen LogP) is 3.55. The summed E-state index contributed by atoms with van der Waals surface area (Å²) >= 11 is 6.17. The Morgan fingerprint density at radius 2 is 1.94 bits per heavy atom. The van der Waals surface area contributed by atoms with E-state index in [1.807, 2.05) is 37.4 Å². The van der Waals surface area contributed by atoms with Crippen LogP contribution in [0.25, 0.3) is 23.0 Å². The molecule has 0 saturated heterocycles. The number of sulfonamides is 1. The van der Waals surface area contributed by atoms with Gasteiger partial charge < -0.3 is 9.26 Å². The van der Waals surface area contributed by atoms with Gasteiger partial charge in [-0.3, -0.25) is 4.68 Å². The SMILES string of the molecule is COc1ccc(S(=O)(=O)N2CCc3c(c(-c4nc(-c5ccccc5)no4)nn3C)C2)cc1Cl. The third kappa shape index (κ3) is 3.79. The lowest BCUT2D eigenvalue weighted by molar-refractivity contribution is 0.384. The van der Waals surface area contributed by atoms with Gasteiger partial charge in [0.05, 0.1) is 17.0 Å². The molecule has 170 valence electrons. The van der Waals surface area contributed by atoms with E-state index in [1.165, 1.54) is 23.5 Å². The number of hydrogen-bond acceptors (Lipinski definition) is 7. The number of methoxy groups -OCH3 is 1. The number of benzene rings is 2. The average Bonchev–Trinajstić information content (AvgIpc) is 3.44. The van der Waals surface area contributed by atoms with Crippen LogP contribution in [0.15, 0.2) is 57.9 Å². The summed E-state index contributed by atoms with van der Waals surface area (Å²) in [6.07, 6.45) is 0.502. The minimum atomic E-state index is -3.79. The molecule has 1 aliphatic heterocycles. The van der Waals surface area contributed by atoms with Crippen LogP contribution in [0.1, 0.15) is 11.3 Å². The second-order valence-electron chi connectivity index (χ2n) is 7.57. The van der Waals surface area contributed by atoms with E-state index in [9.17, 15) is 8.42 Å². The van der Waals surface area contributed by atoms with Gasteiger partial charge in [0.15, 0.2) is 5.69 Å². The molecule has 2 aromatic carbocycles. The molecule has 0 N–H and O–H groups in total. The second kappa shape index (κ2) is 8.29. The first-order chi connectivity index (χ1) is 15.9. The fraction of sp³-hybridized carbons (Fsp3) is 0.227. The van der Waals surface area contributed by atoms with Gasteiger partial charge >= 0.3 is 0 Å². The molecule has 0 unspecified atom stereocenters. The molecule has 2 aromatic heterocycles. The first kappa shape index (κ1) is 21.6. The standard InChI is InChI=1S/C22H20ClN5O4S/c1-27-18-10-11-28(33(29,30)15-8-9-19(31-2)17(23)12-15)13-16(18)20(25-27)22-24-21(26-32-22)14-6-4-3-5-7-14/h3-9,12H,10-11,13H2,1-2H3. The third-order valence-electron chi connectivity index (χ3n) is 5.63. The molecule has 0 fully saturated rings. The van der Waals surface area contributed by atoms with Crippen molar-refractivity contribution in [3.8, 4) is 28.7 Å². The monoisotopic (exact) mass is 485 g/mol. The Balaban J connectivity index is 1.49. The van der Waals surface area contributed by atoms with Crippen LogP contribution in [0.2, 0.25) is 5.02 Å². The van der Waals surface area contributed by atoms with Crippen molar-refractivity contribution in [2.75, 3.05) is 13.7 Å². The number of aromatic nitrogens is 4. The largest absolute Gasteiger partial charge is 0.495 e. The number of fused-ring (bicyclic) bond motifs is 1. The molecule has 5 rings (SSSR count). The van der Waals surface area contributed by atoms with Gasteiger partial charge in [-0.2, -0.15) is 14.4 Å². The van der Waals surface area contributed by atoms with Crippen LogP contribution in [0.4, 0.5) is 0 Å². The molecule has 9 nitrogen and oxygen atoms in total. The number of hydrogen-bond donors (Lipinski definition) is 0. The normalized spacial score (nSPS) is 14.3. The zero-order valence-corrected chi connectivity index (χ0v) is 19.5. The summed E-state index contributed by atoms with van der Waals surface area (Å²) in [5, 5.41) is 8.86. The van der Waals surface area contributed by atoms with Crippen LogP contribution in [0, 0.1) is 0 Å². The molecule has 0 aliphatic carbocycles. The van der Waals surface area contributed by atoms with Crippen molar-refractivity contribution in [1.82, 2.24) is 24.2 Å². The lowest BCUT2D eigenvalue weighted by Gasteiger charge is -2.27. The molecular weight excluding hydrogens is 466 g/mol. The highest BCUT2D eigenvalue weighted by atomic mass is 35.5. The van der Waals surface area contributed by atoms with E-state index in [4.69, 9.17) is 20.9 Å². The lowest BCUT2D eigenvalue weighted by Crippen LogP contribution is -2.36. The van der Waals surface area contributed by atoms with Crippen molar-refractivity contribution in [1.29, 1.82) is 0 Å². The maximum atomic E-state index is 13.3. The van der Waals surface area contributed by atoms with Gasteiger partial charge in [0.2, 0.25) is 15.8 Å². The zero-order chi connectivity index (χ0) is 23.2. The van der Waals surface area contributed by atoms with Crippen LogP contribution in [-0.4, -0.2) is 46.3 Å². The summed E-state index contributed by atoms with van der Waals surface area (Å²) in [5.41, 5.74) is 2.98. The van der Waals surface area contributed by atoms with Crippen molar-refractivity contribution in [3.63, 3.8) is 0 Å². The highest BCUT2D eigenvalue weighted by molar-refractivity contribution is 7.89. The Hall–Kier alpha value is -3.21. The molecule has 4 aromatic rings. The Kier molecular flexibility index (Phi) is 5.43. The highest BCUT2D eigenvalue weighted by Crippen LogP contribution is 2.34. The summed E-state index contributed by atoms with van der Waals surface area (Å²) in [4.78, 5) is 4.60. The van der Waals surface area contributed by atoms with Crippen LogP contribution in [-0.2, 0) is 30.0 Å². The first-order valence-corrected chi connectivity index (χ1v) is 12.0. The summed E-state index contributed by atoms with van der Waals surface area (Å²) in [6.45, 7) is 0.449. The minimum absolute atomic E-state index is 0.103. The quantitative estimate of drug-likeness (QED) is 0.426. The van der Waals surface area contributed by atoms with Crippen molar-refractivity contribution in [3.05, 3.63) is 64.8 Å². The average molecular weight is 486 g/mol. The lowest BCUT2D eigenvalue weighted by atomic mass is 10.1. The summed E-state index contributed by atoms with van der Waals surface area (Å²) in [7, 11) is -0.488. The molecule has 33 heavy (non-hydrogen) atoms. The molecular formula is C22H20ClN5O4S. The van der Waals surface area contributed by atoms with Crippen LogP contribution in [0.3, 0.4) is 0 Å². The second-order valence-corrected chi connectivity index (χ2v) is 9.92. The fourth-order valence-corrected chi connectivity index (χ4v) is 5.68. The van der Waals surface area contributed by atoms with Crippen molar-refractivity contribution in [2.24, 2.45) is 7.05 Å². The Morgan fingerprint density at radius 1 is 1.15 bits per heavy atom. The molecule has 0 radical (unpaired) electrons. The van der Waals surface area contributed by atoms with Gasteiger partial charge in [-0.05, 0) is 18.2 Å². The van der Waals surface area contributed by atoms with Gasteiger partial charge in [0, 0.05) is 43.4 Å². The van der Waals surface area contributed by atoms with E-state index in [2.05, 4.69) is 15.2 Å². The fourth-order valence-electron chi connectivity index (χ4n) is 3.93. The molecule has 0 saturated carbocycles. The minimum Gasteiger partial charge on any atom is -0.495 e. The molecule has 0 spiro atoms. The summed E-state index contributed by atoms with van der Waals surface area (Å²) in [5.74, 6) is 1.10. The number of nitrogens with zero attached hydrogens (tertiary/aromatic N) is 5. The van der Waals surface area contributed by atoms with E-state index in [1.54, 1.807) is 10.7 Å². The van der Waals surface area contributed by atoms with Crippen molar-refractivity contribution < 1.29 is 17.7 Å². The molecule has 0 atom stereocenters. The van der Waals surface area contributed by atoms with E-state index in [0.29, 0.717) is 30.2 Å². The van der Waals surface area contributed by atoms with Gasteiger partial charge in [-0.15, -0.1) is 0 Å². The predicted molar refractivity (Wildman–Crippen MR) is 121 cm³/mol. The van der Waals surface area contributed by atoms with Crippen LogP contribution < -0.4 is 4.74 Å². The highest BCUT2D eigenvalue weighted by Gasteiger charge is 2.34. The molecule has 0 amide bonds. The van der Waals surface area contributed by atoms with Crippen molar-refractivity contribution >= 4 is 21.6 Å². The van der Waals surface area contributed by atoms with Gasteiger partial charge in [0.1, 0.15) is 5.75 Å². The topological polar surface area (TPSA) is 103 Å². The maximum absolute atomic E-state index is 13.3. The third-order valence-corrected chi connectivity index (χ3v) is 7.77. The van der Waals surface area contributed by atoms with Gasteiger partial charge in [-0.1, -0.05) is 47.1 Å². The first-order valence-electron chi connectivity index (χ1n) is 10.2. The number of ether oxygens (including phenoxy) is 1. The maximum Gasteiger partial charge on any atom is 0.279 e. The summed E-state index contributed by atoms with van der Waals surface area (Å²) < 4.78 is 40.5. The Bertz CT molecular complexity index is 1430. The van der Waals surface area contributed by atoms with E-state index in [-0.39, 0.29) is 22.4 Å². The Morgan fingerprint density at radius 3 is 2.67 bits per heavy atom. The number of aryl methyl sites for hydroxylation is 1. The van der Waals surface area contributed by atoms with Crippen molar-refractivity contribution in [2.45, 2.75) is 17.9 Å². The molecule has 1 aliphatic rings. The van der Waals surface area contributed by atoms with Crippen LogP contribution >= 0.6 is 11.6 Å². The number of rotatable bonds is 5. The smallest absolute Gasteiger partial charge is 0.279 e. The molecule has 3 heterocycles. The van der Waals surface area contributed by atoms with Crippen LogP contribution in [0.5, 0.6) is 5.75 Å². The van der Waals surface area contributed by atoms with E-state index < -0.39 is 10.0 Å². The molecule has 11 heteroatoms. The molecule has 0 bridgehead atoms. The Labute approximate surface area is 195 Å². The van der Waals surface area contributed by atoms with E-state index in [0.717, 1.165) is 16.8 Å².